The fourth-order valence-electron chi connectivity index (χ4n) is 3.29. The number of carbonyl (C=O) groups is 2. The van der Waals surface area contributed by atoms with Crippen molar-refractivity contribution in [3.8, 4) is 0 Å². The van der Waals surface area contributed by atoms with Gasteiger partial charge in [0.05, 0.1) is 0 Å². The smallest absolute Gasteiger partial charge is 0.259 e. The van der Waals surface area contributed by atoms with E-state index in [0.717, 1.165) is 5.57 Å². The van der Waals surface area contributed by atoms with E-state index < -0.39 is 17.6 Å². The molecule has 0 spiro atoms. The number of nitrogens with one attached hydrogen (secondary N) is 1. The second-order valence-corrected chi connectivity index (χ2v) is 5.35. The van der Waals surface area contributed by atoms with E-state index in [2.05, 4.69) is 4.99 Å². The van der Waals surface area contributed by atoms with Crippen molar-refractivity contribution in [1.29, 1.82) is 0 Å². The van der Waals surface area contributed by atoms with Crippen LogP contribution in [0.4, 0.5) is 0 Å². The number of nitrogens with zero attached hydrogens (tertiary/aromatic N) is 1. The average Bonchev–Trinajstić information content (AvgIpc) is 2.71. The Morgan fingerprint density at radius 2 is 2.17 bits per heavy atom. The van der Waals surface area contributed by atoms with Crippen molar-refractivity contribution in [1.82, 2.24) is 4.90 Å². The van der Waals surface area contributed by atoms with Gasteiger partial charge in [-0.1, -0.05) is 0 Å². The zero-order valence-electron chi connectivity index (χ0n) is 10.8. The molecule has 0 aromatic heterocycles. The summed E-state index contributed by atoms with van der Waals surface area (Å²) < 4.78 is 5.89. The van der Waals surface area contributed by atoms with Crippen molar-refractivity contribution >= 4 is 18.0 Å². The molecule has 2 saturated heterocycles. The van der Waals surface area contributed by atoms with E-state index in [1.165, 1.54) is 4.90 Å². The van der Waals surface area contributed by atoms with Gasteiger partial charge in [0, 0.05) is 12.1 Å². The first kappa shape index (κ1) is 11.6. The first-order valence-corrected chi connectivity index (χ1v) is 6.29. The summed E-state index contributed by atoms with van der Waals surface area (Å²) in [5, 5.41) is 0. The summed E-state index contributed by atoms with van der Waals surface area (Å²) in [5.41, 5.74) is 0.486. The highest BCUT2D eigenvalue weighted by atomic mass is 16.5. The van der Waals surface area contributed by atoms with Crippen molar-refractivity contribution in [3.05, 3.63) is 11.6 Å². The van der Waals surface area contributed by atoms with Gasteiger partial charge >= 0.3 is 0 Å². The molecule has 3 aliphatic rings. The van der Waals surface area contributed by atoms with Crippen molar-refractivity contribution < 1.29 is 19.3 Å². The quantitative estimate of drug-likeness (QED) is 0.583. The Morgan fingerprint density at radius 3 is 2.83 bits per heavy atom. The van der Waals surface area contributed by atoms with Gasteiger partial charge in [-0.2, -0.15) is 0 Å². The molecule has 0 saturated carbocycles. The highest BCUT2D eigenvalue weighted by molar-refractivity contribution is 6.07. The number of imide groups is 1. The lowest BCUT2D eigenvalue weighted by atomic mass is 9.85. The van der Waals surface area contributed by atoms with Gasteiger partial charge in [-0.3, -0.25) is 14.5 Å². The molecule has 5 nitrogen and oxygen atoms in total. The van der Waals surface area contributed by atoms with E-state index in [0.29, 0.717) is 6.54 Å². The van der Waals surface area contributed by atoms with Gasteiger partial charge in [-0.15, -0.1) is 0 Å². The lowest BCUT2D eigenvalue weighted by Crippen LogP contribution is -2.85. The largest absolute Gasteiger partial charge is 0.350 e. The molecular formula is C13H17N2O3+. The standard InChI is InChI=1S/C13H16N2O3/c1-4-15-11(16)8-9(12(15)17)18-13(3)5-7(2)6-14-10(8)13/h5-6,8-10H,4H2,1-3H3/p+1/t8-,9-,10-,13-/m0/s1. The van der Waals surface area contributed by atoms with Crippen molar-refractivity contribution in [2.45, 2.75) is 38.5 Å². The van der Waals surface area contributed by atoms with Gasteiger partial charge in [0.1, 0.15) is 11.5 Å². The normalized spacial score (nSPS) is 42.1. The van der Waals surface area contributed by atoms with Gasteiger partial charge in [0.15, 0.2) is 18.4 Å². The molecule has 0 unspecified atom stereocenters. The Labute approximate surface area is 106 Å². The lowest BCUT2D eigenvalue weighted by molar-refractivity contribution is -0.517. The van der Waals surface area contributed by atoms with Crippen LogP contribution in [0.3, 0.4) is 0 Å². The molecule has 0 aromatic rings. The van der Waals surface area contributed by atoms with E-state index in [1.807, 2.05) is 26.1 Å². The summed E-state index contributed by atoms with van der Waals surface area (Å²) in [6.45, 7) is 6.11. The van der Waals surface area contributed by atoms with E-state index in [1.54, 1.807) is 6.92 Å². The zero-order chi connectivity index (χ0) is 13.1. The number of likely N-dealkylation sites (N-methyl/N-ethyl adjacent to an activating group) is 1. The van der Waals surface area contributed by atoms with Crippen LogP contribution in [-0.4, -0.2) is 47.2 Å². The van der Waals surface area contributed by atoms with E-state index in [-0.39, 0.29) is 17.9 Å². The van der Waals surface area contributed by atoms with Crippen LogP contribution in [-0.2, 0) is 14.3 Å². The number of hydrogen-bond acceptors (Lipinski definition) is 3. The first-order valence-electron chi connectivity index (χ1n) is 6.29. The lowest BCUT2D eigenvalue weighted by Gasteiger charge is -2.26. The Bertz CT molecular complexity index is 496. The fraction of sp³-hybridized carbons (Fsp3) is 0.615. The van der Waals surface area contributed by atoms with Crippen LogP contribution in [0, 0.1) is 5.92 Å². The van der Waals surface area contributed by atoms with Crippen LogP contribution in [0.5, 0.6) is 0 Å². The molecule has 5 heteroatoms. The third-order valence-corrected chi connectivity index (χ3v) is 4.07. The van der Waals surface area contributed by atoms with Crippen LogP contribution in [0.1, 0.15) is 20.8 Å². The highest BCUT2D eigenvalue weighted by Gasteiger charge is 2.66. The predicted molar refractivity (Wildman–Crippen MR) is 63.7 cm³/mol. The van der Waals surface area contributed by atoms with Crippen molar-refractivity contribution in [3.63, 3.8) is 0 Å². The van der Waals surface area contributed by atoms with Crippen molar-refractivity contribution in [2.75, 3.05) is 6.54 Å². The molecule has 2 fully saturated rings. The Hall–Kier alpha value is -1.49. The molecule has 0 aromatic carbocycles. The summed E-state index contributed by atoms with van der Waals surface area (Å²) in [7, 11) is 0. The Morgan fingerprint density at radius 1 is 1.44 bits per heavy atom. The SMILES string of the molecule is CCN1C(=O)[C@H]2[C@H](O[C@@]3(C)C=C(C)C=[NH+][C@@H]23)C1=O. The molecule has 3 aliphatic heterocycles. The van der Waals surface area contributed by atoms with Crippen molar-refractivity contribution in [2.24, 2.45) is 5.92 Å². The van der Waals surface area contributed by atoms with Crippen LogP contribution >= 0.6 is 0 Å². The molecule has 96 valence electrons. The molecule has 1 N–H and O–H groups in total. The summed E-state index contributed by atoms with van der Waals surface area (Å²) >= 11 is 0. The molecule has 2 amide bonds. The zero-order valence-corrected chi connectivity index (χ0v) is 10.8. The number of likely N-dealkylation sites (tertiary alicyclic amines) is 1. The second-order valence-electron chi connectivity index (χ2n) is 5.35. The Balaban J connectivity index is 2.01. The van der Waals surface area contributed by atoms with Crippen LogP contribution in [0.2, 0.25) is 0 Å². The number of hydrogen-bond donors (Lipinski definition) is 1. The molecule has 0 aliphatic carbocycles. The fourth-order valence-corrected chi connectivity index (χ4v) is 3.29. The number of amides is 2. The molecule has 18 heavy (non-hydrogen) atoms. The topological polar surface area (TPSA) is 60.6 Å². The molecule has 0 radical (unpaired) electrons. The van der Waals surface area contributed by atoms with Gasteiger partial charge in [-0.25, -0.2) is 4.99 Å². The third-order valence-electron chi connectivity index (χ3n) is 4.07. The van der Waals surface area contributed by atoms with Crippen LogP contribution in [0.25, 0.3) is 0 Å². The number of carbonyl (C=O) groups excluding carboxylic acids is 2. The molecule has 3 rings (SSSR count). The van der Waals surface area contributed by atoms with E-state index in [9.17, 15) is 9.59 Å². The van der Waals surface area contributed by atoms with E-state index in [4.69, 9.17) is 4.74 Å². The van der Waals surface area contributed by atoms with Gasteiger partial charge in [-0.05, 0) is 26.8 Å². The minimum atomic E-state index is -0.629. The minimum absolute atomic E-state index is 0.116. The number of allylic oxidation sites excluding steroid dienone is 1. The summed E-state index contributed by atoms with van der Waals surface area (Å²) in [6.07, 6.45) is 3.24. The van der Waals surface area contributed by atoms with E-state index >= 15 is 0 Å². The van der Waals surface area contributed by atoms with Gasteiger partial charge < -0.3 is 4.74 Å². The predicted octanol–water partition coefficient (Wildman–Crippen LogP) is -1.37. The molecule has 0 bridgehead atoms. The monoisotopic (exact) mass is 249 g/mol. The van der Waals surface area contributed by atoms with Crippen LogP contribution in [0.15, 0.2) is 11.6 Å². The van der Waals surface area contributed by atoms with Gasteiger partial charge in [0.25, 0.3) is 5.91 Å². The summed E-state index contributed by atoms with van der Waals surface area (Å²) in [5.74, 6) is -0.714. The van der Waals surface area contributed by atoms with Gasteiger partial charge in [0.2, 0.25) is 5.91 Å². The molecular weight excluding hydrogens is 232 g/mol. The highest BCUT2D eigenvalue weighted by Crippen LogP contribution is 2.41. The number of rotatable bonds is 1. The second kappa shape index (κ2) is 3.51. The maximum absolute atomic E-state index is 12.3. The third kappa shape index (κ3) is 1.28. The molecule has 3 heterocycles. The summed E-state index contributed by atoms with van der Waals surface area (Å²) in [4.78, 5) is 28.9. The number of fused-ring (bicyclic) bond motifs is 3. The minimum Gasteiger partial charge on any atom is -0.350 e. The van der Waals surface area contributed by atoms with Crippen LogP contribution < -0.4 is 4.99 Å². The first-order chi connectivity index (χ1) is 8.48. The number of ether oxygens (including phenoxy) is 1. The molecule has 4 atom stereocenters. The maximum atomic E-state index is 12.3. The average molecular weight is 249 g/mol. The maximum Gasteiger partial charge on any atom is 0.259 e. The summed E-state index contributed by atoms with van der Waals surface area (Å²) in [6, 6.07) is -0.154. The Kier molecular flexibility index (Phi) is 2.26.